The van der Waals surface area contributed by atoms with Crippen LogP contribution in [0.3, 0.4) is 0 Å². The van der Waals surface area contributed by atoms with Crippen LogP contribution >= 0.6 is 11.3 Å². The SMILES string of the molecule is C=C(C)C(=O)OC1CCC(Oc2ccc3cc(-c4ccc(CCCCC)cc4OC)sc3c2)C1C(F)(F)F. The van der Waals surface area contributed by atoms with E-state index in [0.29, 0.717) is 5.75 Å². The summed E-state index contributed by atoms with van der Waals surface area (Å²) >= 11 is 1.54. The number of carbonyl (C=O) groups excluding carboxylic acids is 1. The minimum Gasteiger partial charge on any atom is -0.496 e. The average molecular weight is 547 g/mol. The van der Waals surface area contributed by atoms with Gasteiger partial charge in [-0.2, -0.15) is 13.2 Å². The van der Waals surface area contributed by atoms with Crippen molar-refractivity contribution in [1.29, 1.82) is 0 Å². The van der Waals surface area contributed by atoms with Crippen LogP contribution in [0.15, 0.2) is 54.6 Å². The third-order valence-electron chi connectivity index (χ3n) is 6.90. The molecule has 1 aliphatic carbocycles. The van der Waals surface area contributed by atoms with E-state index in [1.165, 1.54) is 36.7 Å². The number of carbonyl (C=O) groups is 1. The van der Waals surface area contributed by atoms with Crippen molar-refractivity contribution >= 4 is 27.4 Å². The highest BCUT2D eigenvalue weighted by molar-refractivity contribution is 7.22. The summed E-state index contributed by atoms with van der Waals surface area (Å²) in [6.07, 6.45) is -2.29. The van der Waals surface area contributed by atoms with Gasteiger partial charge in [0.2, 0.25) is 0 Å². The summed E-state index contributed by atoms with van der Waals surface area (Å²) in [5, 5.41) is 0.971. The van der Waals surface area contributed by atoms with E-state index in [-0.39, 0.29) is 18.4 Å². The van der Waals surface area contributed by atoms with Crippen molar-refractivity contribution in [3.8, 4) is 21.9 Å². The summed E-state index contributed by atoms with van der Waals surface area (Å²) in [4.78, 5) is 12.9. The molecule has 4 nitrogen and oxygen atoms in total. The van der Waals surface area contributed by atoms with Gasteiger partial charge in [-0.25, -0.2) is 4.79 Å². The minimum absolute atomic E-state index is 0.0667. The predicted octanol–water partition coefficient (Wildman–Crippen LogP) is 8.52. The summed E-state index contributed by atoms with van der Waals surface area (Å²) in [6, 6.07) is 13.6. The van der Waals surface area contributed by atoms with E-state index in [4.69, 9.17) is 14.2 Å². The van der Waals surface area contributed by atoms with E-state index in [1.54, 1.807) is 19.2 Å². The number of esters is 1. The maximum atomic E-state index is 13.9. The number of aryl methyl sites for hydroxylation is 1. The van der Waals surface area contributed by atoms with Crippen molar-refractivity contribution in [3.63, 3.8) is 0 Å². The van der Waals surface area contributed by atoms with Gasteiger partial charge < -0.3 is 14.2 Å². The first-order valence-corrected chi connectivity index (χ1v) is 13.7. The Kier molecular flexibility index (Phi) is 8.71. The van der Waals surface area contributed by atoms with Crippen LogP contribution in [-0.2, 0) is 16.0 Å². The molecule has 3 atom stereocenters. The fourth-order valence-corrected chi connectivity index (χ4v) is 6.04. The van der Waals surface area contributed by atoms with E-state index in [9.17, 15) is 18.0 Å². The highest BCUT2D eigenvalue weighted by atomic mass is 32.1. The number of fused-ring (bicyclic) bond motifs is 1. The number of halogens is 3. The average Bonchev–Trinajstić information content (AvgIpc) is 3.47. The lowest BCUT2D eigenvalue weighted by Gasteiger charge is -2.27. The number of rotatable bonds is 10. The number of alkyl halides is 3. The molecule has 2 aromatic carbocycles. The van der Waals surface area contributed by atoms with E-state index in [2.05, 4.69) is 37.8 Å². The van der Waals surface area contributed by atoms with Gasteiger partial charge in [-0.1, -0.05) is 32.4 Å². The standard InChI is InChI=1S/C30H33F3O4S/c1-5-6-7-8-19-9-12-22(25(15-19)35-4)27-16-20-10-11-21(17-26(20)38-27)36-23-13-14-24(28(23)30(31,32)33)37-29(34)18(2)3/h9-12,15-17,23-24,28H,2,5-8,13-14H2,1,3-4H3. The number of thiophene rings is 1. The highest BCUT2D eigenvalue weighted by Gasteiger charge is 2.55. The Morgan fingerprint density at radius 3 is 2.53 bits per heavy atom. The minimum atomic E-state index is -4.57. The molecule has 1 fully saturated rings. The smallest absolute Gasteiger partial charge is 0.398 e. The monoisotopic (exact) mass is 546 g/mol. The summed E-state index contributed by atoms with van der Waals surface area (Å²) < 4.78 is 59.4. The molecule has 8 heteroatoms. The molecule has 0 saturated heterocycles. The number of hydrogen-bond donors (Lipinski definition) is 0. The lowest BCUT2D eigenvalue weighted by Crippen LogP contribution is -2.41. The van der Waals surface area contributed by atoms with E-state index >= 15 is 0 Å². The third kappa shape index (κ3) is 6.34. The summed E-state index contributed by atoms with van der Waals surface area (Å²) in [6.45, 7) is 7.06. The quantitative estimate of drug-likeness (QED) is 0.145. The van der Waals surface area contributed by atoms with Gasteiger partial charge in [-0.05, 0) is 80.0 Å². The van der Waals surface area contributed by atoms with Crippen LogP contribution in [0.1, 0.15) is 51.5 Å². The molecule has 1 aromatic heterocycles. The molecule has 204 valence electrons. The van der Waals surface area contributed by atoms with Gasteiger partial charge in [-0.3, -0.25) is 0 Å². The molecule has 0 amide bonds. The summed E-state index contributed by atoms with van der Waals surface area (Å²) in [5.41, 5.74) is 2.28. The van der Waals surface area contributed by atoms with Crippen LogP contribution in [0.2, 0.25) is 0 Å². The first kappa shape index (κ1) is 28.0. The molecule has 1 heterocycles. The van der Waals surface area contributed by atoms with Crippen LogP contribution in [0.25, 0.3) is 20.5 Å². The molecular formula is C30H33F3O4S. The molecule has 0 radical (unpaired) electrons. The molecule has 3 aromatic rings. The summed E-state index contributed by atoms with van der Waals surface area (Å²) in [7, 11) is 1.66. The lowest BCUT2D eigenvalue weighted by molar-refractivity contribution is -0.215. The first-order chi connectivity index (χ1) is 18.1. The van der Waals surface area contributed by atoms with Crippen molar-refractivity contribution in [2.24, 2.45) is 5.92 Å². The maximum absolute atomic E-state index is 13.9. The summed E-state index contributed by atoms with van der Waals surface area (Å²) in [5.74, 6) is -1.56. The Morgan fingerprint density at radius 2 is 1.84 bits per heavy atom. The molecule has 1 aliphatic rings. The van der Waals surface area contributed by atoms with Gasteiger partial charge in [0.1, 0.15) is 29.6 Å². The Hall–Kier alpha value is -3.00. The Bertz CT molecular complexity index is 1300. The fourth-order valence-electron chi connectivity index (χ4n) is 4.92. The zero-order valence-corrected chi connectivity index (χ0v) is 22.7. The zero-order valence-electron chi connectivity index (χ0n) is 21.9. The molecule has 0 N–H and O–H groups in total. The van der Waals surface area contributed by atoms with Crippen LogP contribution in [0, 0.1) is 5.92 Å². The lowest BCUT2D eigenvalue weighted by atomic mass is 10.0. The van der Waals surface area contributed by atoms with Crippen LogP contribution in [0.4, 0.5) is 13.2 Å². The number of unbranched alkanes of at least 4 members (excludes halogenated alkanes) is 2. The van der Waals surface area contributed by atoms with Crippen molar-refractivity contribution < 1.29 is 32.2 Å². The Balaban J connectivity index is 1.54. The number of ether oxygens (including phenoxy) is 3. The first-order valence-electron chi connectivity index (χ1n) is 12.9. The van der Waals surface area contributed by atoms with Crippen LogP contribution in [-0.4, -0.2) is 31.5 Å². The number of hydrogen-bond acceptors (Lipinski definition) is 5. The Morgan fingerprint density at radius 1 is 1.08 bits per heavy atom. The van der Waals surface area contributed by atoms with Crippen molar-refractivity contribution in [3.05, 3.63) is 60.2 Å². The molecule has 4 rings (SSSR count). The van der Waals surface area contributed by atoms with Crippen molar-refractivity contribution in [1.82, 2.24) is 0 Å². The second-order valence-corrected chi connectivity index (χ2v) is 10.9. The largest absolute Gasteiger partial charge is 0.496 e. The topological polar surface area (TPSA) is 44.8 Å². The normalized spacial score (nSPS) is 19.5. The molecular weight excluding hydrogens is 513 g/mol. The Labute approximate surface area is 225 Å². The predicted molar refractivity (Wildman–Crippen MR) is 145 cm³/mol. The fraction of sp³-hybridized carbons (Fsp3) is 0.433. The van der Waals surface area contributed by atoms with Crippen LogP contribution < -0.4 is 9.47 Å². The van der Waals surface area contributed by atoms with Gasteiger partial charge in [0.15, 0.2) is 0 Å². The third-order valence-corrected chi connectivity index (χ3v) is 8.03. The maximum Gasteiger partial charge on any atom is 0.398 e. The van der Waals surface area contributed by atoms with Crippen molar-refractivity contribution in [2.75, 3.05) is 7.11 Å². The zero-order chi connectivity index (χ0) is 27.4. The molecule has 0 spiro atoms. The molecule has 1 saturated carbocycles. The molecule has 38 heavy (non-hydrogen) atoms. The number of methoxy groups -OCH3 is 1. The molecule has 0 aliphatic heterocycles. The molecule has 3 unspecified atom stereocenters. The van der Waals surface area contributed by atoms with Gasteiger partial charge in [0.05, 0.1) is 7.11 Å². The number of benzene rings is 2. The second kappa shape index (κ2) is 11.8. The van der Waals surface area contributed by atoms with Gasteiger partial charge in [0.25, 0.3) is 0 Å². The highest BCUT2D eigenvalue weighted by Crippen LogP contribution is 2.44. The second-order valence-electron chi connectivity index (χ2n) is 9.83. The van der Waals surface area contributed by atoms with E-state index in [0.717, 1.165) is 39.1 Å². The van der Waals surface area contributed by atoms with E-state index in [1.807, 2.05) is 6.07 Å². The van der Waals surface area contributed by atoms with E-state index < -0.39 is 30.3 Å². The van der Waals surface area contributed by atoms with Gasteiger partial charge in [-0.15, -0.1) is 11.3 Å². The van der Waals surface area contributed by atoms with Gasteiger partial charge in [0, 0.05) is 20.7 Å². The van der Waals surface area contributed by atoms with Crippen LogP contribution in [0.5, 0.6) is 11.5 Å². The van der Waals surface area contributed by atoms with Gasteiger partial charge >= 0.3 is 12.1 Å². The van der Waals surface area contributed by atoms with Crippen molar-refractivity contribution in [2.45, 2.75) is 70.8 Å². The molecule has 0 bridgehead atoms.